The molecule has 1 aromatic rings. The summed E-state index contributed by atoms with van der Waals surface area (Å²) in [6, 6.07) is 5.12. The maximum absolute atomic E-state index is 11.9. The van der Waals surface area contributed by atoms with Gasteiger partial charge in [0.25, 0.3) is 0 Å². The Morgan fingerprint density at radius 1 is 1.43 bits per heavy atom. The first-order valence-electron chi connectivity index (χ1n) is 6.71. The molecule has 0 radical (unpaired) electrons. The second-order valence-corrected chi connectivity index (χ2v) is 4.90. The lowest BCUT2D eigenvalue weighted by Gasteiger charge is -2.13. The number of anilines is 1. The maximum Gasteiger partial charge on any atom is 0.328 e. The van der Waals surface area contributed by atoms with Crippen LogP contribution in [0.15, 0.2) is 24.3 Å². The molecule has 112 valence electrons. The van der Waals surface area contributed by atoms with Gasteiger partial charge in [-0.25, -0.2) is 9.59 Å². The monoisotopic (exact) mass is 290 g/mol. The minimum Gasteiger partial charge on any atom is -0.478 e. The fourth-order valence-electron chi connectivity index (χ4n) is 2.04. The first-order valence-corrected chi connectivity index (χ1v) is 6.71. The highest BCUT2D eigenvalue weighted by atomic mass is 16.5. The van der Waals surface area contributed by atoms with Crippen molar-refractivity contribution in [2.45, 2.75) is 19.4 Å². The van der Waals surface area contributed by atoms with Crippen LogP contribution in [-0.2, 0) is 9.53 Å². The zero-order chi connectivity index (χ0) is 15.2. The van der Waals surface area contributed by atoms with Crippen LogP contribution in [0.2, 0.25) is 0 Å². The van der Waals surface area contributed by atoms with Crippen molar-refractivity contribution < 1.29 is 19.4 Å². The number of nitrogens with one attached hydrogen (secondary N) is 2. The van der Waals surface area contributed by atoms with Gasteiger partial charge in [-0.1, -0.05) is 12.1 Å². The van der Waals surface area contributed by atoms with E-state index in [0.717, 1.165) is 18.1 Å². The van der Waals surface area contributed by atoms with Gasteiger partial charge in [-0.3, -0.25) is 0 Å². The van der Waals surface area contributed by atoms with Gasteiger partial charge < -0.3 is 20.5 Å². The number of carboxylic acid groups (broad SMARTS) is 1. The summed E-state index contributed by atoms with van der Waals surface area (Å²) in [4.78, 5) is 22.4. The Labute approximate surface area is 122 Å². The molecule has 21 heavy (non-hydrogen) atoms. The molecule has 1 aliphatic rings. The van der Waals surface area contributed by atoms with Crippen molar-refractivity contribution in [1.29, 1.82) is 0 Å². The Bertz CT molecular complexity index is 563. The van der Waals surface area contributed by atoms with Gasteiger partial charge in [0, 0.05) is 18.4 Å². The van der Waals surface area contributed by atoms with Gasteiger partial charge in [-0.2, -0.15) is 0 Å². The molecule has 1 aromatic carbocycles. The lowest BCUT2D eigenvalue weighted by Crippen LogP contribution is -2.38. The first-order chi connectivity index (χ1) is 10.0. The second kappa shape index (κ2) is 6.90. The minimum absolute atomic E-state index is 0.0420. The Morgan fingerprint density at radius 3 is 2.90 bits per heavy atom. The molecule has 6 nitrogen and oxygen atoms in total. The molecule has 1 unspecified atom stereocenters. The molecule has 1 fully saturated rings. The van der Waals surface area contributed by atoms with E-state index >= 15 is 0 Å². The van der Waals surface area contributed by atoms with E-state index in [0.29, 0.717) is 24.5 Å². The number of benzene rings is 1. The molecule has 3 N–H and O–H groups in total. The van der Waals surface area contributed by atoms with Crippen molar-refractivity contribution >= 4 is 23.8 Å². The lowest BCUT2D eigenvalue weighted by molar-refractivity contribution is -0.131. The summed E-state index contributed by atoms with van der Waals surface area (Å²) < 4.78 is 5.20. The lowest BCUT2D eigenvalue weighted by atomic mass is 10.1. The summed E-state index contributed by atoms with van der Waals surface area (Å²) in [5, 5.41) is 14.2. The number of urea groups is 1. The third-order valence-electron chi connectivity index (χ3n) is 3.19. The summed E-state index contributed by atoms with van der Waals surface area (Å²) in [6.07, 6.45) is 3.36. The zero-order valence-corrected chi connectivity index (χ0v) is 11.8. The largest absolute Gasteiger partial charge is 0.478 e. The van der Waals surface area contributed by atoms with Gasteiger partial charge in [-0.05, 0) is 36.6 Å². The van der Waals surface area contributed by atoms with E-state index in [-0.39, 0.29) is 12.1 Å². The van der Waals surface area contributed by atoms with Crippen molar-refractivity contribution in [3.8, 4) is 0 Å². The van der Waals surface area contributed by atoms with Gasteiger partial charge in [-0.15, -0.1) is 0 Å². The molecule has 0 bridgehead atoms. The fourth-order valence-corrected chi connectivity index (χ4v) is 2.04. The summed E-state index contributed by atoms with van der Waals surface area (Å²) in [6.45, 7) is 3.08. The predicted molar refractivity (Wildman–Crippen MR) is 79.2 cm³/mol. The van der Waals surface area contributed by atoms with Gasteiger partial charge >= 0.3 is 12.0 Å². The number of carbonyl (C=O) groups is 2. The molecule has 1 saturated heterocycles. The highest BCUT2D eigenvalue weighted by Crippen LogP contribution is 2.18. The SMILES string of the molecule is Cc1ccc(/C=C/C(=O)O)cc1NC(=O)NC1CCOC1. The number of amides is 2. The van der Waals surface area contributed by atoms with E-state index in [2.05, 4.69) is 10.6 Å². The van der Waals surface area contributed by atoms with E-state index in [1.54, 1.807) is 12.1 Å². The summed E-state index contributed by atoms with van der Waals surface area (Å²) in [7, 11) is 0. The van der Waals surface area contributed by atoms with E-state index in [1.165, 1.54) is 6.08 Å². The van der Waals surface area contributed by atoms with Gasteiger partial charge in [0.15, 0.2) is 0 Å². The van der Waals surface area contributed by atoms with Crippen molar-refractivity contribution in [3.63, 3.8) is 0 Å². The second-order valence-electron chi connectivity index (χ2n) is 4.90. The number of aryl methyl sites for hydroxylation is 1. The molecule has 0 aromatic heterocycles. The van der Waals surface area contributed by atoms with E-state index in [4.69, 9.17) is 9.84 Å². The summed E-state index contributed by atoms with van der Waals surface area (Å²) in [5.41, 5.74) is 2.27. The molecule has 1 heterocycles. The van der Waals surface area contributed by atoms with Gasteiger partial charge in [0.1, 0.15) is 0 Å². The standard InChI is InChI=1S/C15H18N2O4/c1-10-2-3-11(4-5-14(18)19)8-13(10)17-15(20)16-12-6-7-21-9-12/h2-5,8,12H,6-7,9H2,1H3,(H,18,19)(H2,16,17,20)/b5-4+. The Kier molecular flexibility index (Phi) is 4.94. The van der Waals surface area contributed by atoms with E-state index in [1.807, 2.05) is 13.0 Å². The molecule has 0 spiro atoms. The summed E-state index contributed by atoms with van der Waals surface area (Å²) in [5.74, 6) is -1.01. The molecule has 2 amide bonds. The molecule has 0 saturated carbocycles. The number of carboxylic acids is 1. The average Bonchev–Trinajstić information content (AvgIpc) is 2.92. The Morgan fingerprint density at radius 2 is 2.24 bits per heavy atom. The topological polar surface area (TPSA) is 87.7 Å². The number of aliphatic carboxylic acids is 1. The number of carbonyl (C=O) groups excluding carboxylic acids is 1. The van der Waals surface area contributed by atoms with Crippen LogP contribution in [0.4, 0.5) is 10.5 Å². The minimum atomic E-state index is -1.01. The third-order valence-corrected chi connectivity index (χ3v) is 3.19. The number of hydrogen-bond donors (Lipinski definition) is 3. The van der Waals surface area contributed by atoms with Crippen LogP contribution < -0.4 is 10.6 Å². The molecule has 6 heteroatoms. The highest BCUT2D eigenvalue weighted by molar-refractivity contribution is 5.91. The van der Waals surface area contributed by atoms with E-state index < -0.39 is 5.97 Å². The molecular weight excluding hydrogens is 272 g/mol. The fraction of sp³-hybridized carbons (Fsp3) is 0.333. The zero-order valence-electron chi connectivity index (χ0n) is 11.8. The molecule has 1 aliphatic heterocycles. The van der Waals surface area contributed by atoms with Crippen molar-refractivity contribution in [2.75, 3.05) is 18.5 Å². The number of hydrogen-bond acceptors (Lipinski definition) is 3. The molecule has 1 atom stereocenters. The normalized spacial score (nSPS) is 17.9. The maximum atomic E-state index is 11.9. The average molecular weight is 290 g/mol. The summed E-state index contributed by atoms with van der Waals surface area (Å²) >= 11 is 0. The Balaban J connectivity index is 2.02. The van der Waals surface area contributed by atoms with Crippen LogP contribution in [0.5, 0.6) is 0 Å². The van der Waals surface area contributed by atoms with Gasteiger partial charge in [0.05, 0.1) is 12.6 Å². The first kappa shape index (κ1) is 15.1. The van der Waals surface area contributed by atoms with Crippen LogP contribution in [0.25, 0.3) is 6.08 Å². The van der Waals surface area contributed by atoms with Gasteiger partial charge in [0.2, 0.25) is 0 Å². The Hall–Kier alpha value is -2.34. The predicted octanol–water partition coefficient (Wildman–Crippen LogP) is 2.00. The quantitative estimate of drug-likeness (QED) is 0.740. The van der Waals surface area contributed by atoms with Crippen LogP contribution in [-0.4, -0.2) is 36.4 Å². The van der Waals surface area contributed by atoms with Crippen LogP contribution >= 0.6 is 0 Å². The number of ether oxygens (including phenoxy) is 1. The smallest absolute Gasteiger partial charge is 0.328 e. The van der Waals surface area contributed by atoms with Crippen LogP contribution in [0.1, 0.15) is 17.5 Å². The van der Waals surface area contributed by atoms with E-state index in [9.17, 15) is 9.59 Å². The van der Waals surface area contributed by atoms with Crippen LogP contribution in [0, 0.1) is 6.92 Å². The molecule has 2 rings (SSSR count). The van der Waals surface area contributed by atoms with Crippen molar-refractivity contribution in [3.05, 3.63) is 35.4 Å². The van der Waals surface area contributed by atoms with Crippen molar-refractivity contribution in [2.24, 2.45) is 0 Å². The highest BCUT2D eigenvalue weighted by Gasteiger charge is 2.17. The molecule has 0 aliphatic carbocycles. The third kappa shape index (κ3) is 4.61. The van der Waals surface area contributed by atoms with Crippen molar-refractivity contribution in [1.82, 2.24) is 5.32 Å². The van der Waals surface area contributed by atoms with Crippen LogP contribution in [0.3, 0.4) is 0 Å². The molecular formula is C15H18N2O4. The number of rotatable bonds is 4.